The van der Waals surface area contributed by atoms with E-state index in [4.69, 9.17) is 9.26 Å². The van der Waals surface area contributed by atoms with E-state index in [1.165, 1.54) is 6.33 Å². The number of hydrogen-bond donors (Lipinski definition) is 0. The van der Waals surface area contributed by atoms with Crippen LogP contribution in [0.25, 0.3) is 11.3 Å². The van der Waals surface area contributed by atoms with E-state index in [-0.39, 0.29) is 0 Å². The number of hydrogen-bond acceptors (Lipinski definition) is 5. The van der Waals surface area contributed by atoms with Gasteiger partial charge in [0.05, 0.1) is 7.11 Å². The minimum atomic E-state index is 0.517. The molecular formula is C13H12N4O2. The van der Waals surface area contributed by atoms with Crippen LogP contribution in [0.15, 0.2) is 47.5 Å². The second-order valence-electron chi connectivity index (χ2n) is 4.00. The quantitative estimate of drug-likeness (QED) is 0.714. The van der Waals surface area contributed by atoms with Crippen LogP contribution in [0.5, 0.6) is 5.75 Å². The van der Waals surface area contributed by atoms with Crippen molar-refractivity contribution < 1.29 is 9.26 Å². The summed E-state index contributed by atoms with van der Waals surface area (Å²) in [6, 6.07) is 9.55. The van der Waals surface area contributed by atoms with E-state index in [2.05, 4.69) is 15.2 Å². The van der Waals surface area contributed by atoms with Gasteiger partial charge in [0.25, 0.3) is 0 Å². The van der Waals surface area contributed by atoms with Gasteiger partial charge in [0.2, 0.25) is 0 Å². The normalized spacial score (nSPS) is 10.6. The highest BCUT2D eigenvalue weighted by Crippen LogP contribution is 2.22. The van der Waals surface area contributed by atoms with Gasteiger partial charge >= 0.3 is 0 Å². The smallest absolute Gasteiger partial charge is 0.158 e. The summed E-state index contributed by atoms with van der Waals surface area (Å²) >= 11 is 0. The Balaban J connectivity index is 1.80. The maximum atomic E-state index is 5.28. The molecule has 0 spiro atoms. The van der Waals surface area contributed by atoms with E-state index in [1.54, 1.807) is 18.1 Å². The zero-order valence-electron chi connectivity index (χ0n) is 10.4. The summed E-state index contributed by atoms with van der Waals surface area (Å²) in [6.07, 6.45) is 3.12. The van der Waals surface area contributed by atoms with Crippen LogP contribution in [-0.2, 0) is 6.54 Å². The van der Waals surface area contributed by atoms with E-state index in [0.29, 0.717) is 6.54 Å². The molecule has 0 saturated carbocycles. The van der Waals surface area contributed by atoms with Crippen molar-refractivity contribution in [3.63, 3.8) is 0 Å². The molecule has 0 saturated heterocycles. The number of nitrogens with zero attached hydrogens (tertiary/aromatic N) is 4. The Hall–Kier alpha value is -2.63. The highest BCUT2D eigenvalue weighted by Gasteiger charge is 2.07. The van der Waals surface area contributed by atoms with Gasteiger partial charge in [0.1, 0.15) is 30.6 Å². The summed E-state index contributed by atoms with van der Waals surface area (Å²) in [4.78, 5) is 3.88. The maximum absolute atomic E-state index is 5.28. The standard InChI is InChI=1S/C13H12N4O2/c1-18-11-4-2-10(3-5-11)13-6-12(19-16-13)7-17-9-14-8-15-17/h2-6,8-9H,7H2,1H3. The third-order valence-corrected chi connectivity index (χ3v) is 2.73. The van der Waals surface area contributed by atoms with Crippen LogP contribution < -0.4 is 4.74 Å². The summed E-state index contributed by atoms with van der Waals surface area (Å²) in [6.45, 7) is 0.517. The molecule has 0 aliphatic heterocycles. The lowest BCUT2D eigenvalue weighted by molar-refractivity contribution is 0.373. The highest BCUT2D eigenvalue weighted by atomic mass is 16.5. The van der Waals surface area contributed by atoms with Crippen LogP contribution in [0.3, 0.4) is 0 Å². The molecule has 0 aliphatic carbocycles. The van der Waals surface area contributed by atoms with E-state index < -0.39 is 0 Å². The summed E-state index contributed by atoms with van der Waals surface area (Å²) in [7, 11) is 1.64. The molecule has 0 aliphatic rings. The topological polar surface area (TPSA) is 66.0 Å². The van der Waals surface area contributed by atoms with Gasteiger partial charge in [-0.15, -0.1) is 0 Å². The lowest BCUT2D eigenvalue weighted by Crippen LogP contribution is -1.98. The van der Waals surface area contributed by atoms with Gasteiger partial charge in [-0.25, -0.2) is 9.67 Å². The molecule has 0 unspecified atom stereocenters. The molecule has 96 valence electrons. The van der Waals surface area contributed by atoms with Gasteiger partial charge < -0.3 is 9.26 Å². The van der Waals surface area contributed by atoms with E-state index in [0.717, 1.165) is 22.8 Å². The zero-order chi connectivity index (χ0) is 13.1. The van der Waals surface area contributed by atoms with Crippen molar-refractivity contribution in [2.75, 3.05) is 7.11 Å². The van der Waals surface area contributed by atoms with Crippen molar-refractivity contribution >= 4 is 0 Å². The fraction of sp³-hybridized carbons (Fsp3) is 0.154. The van der Waals surface area contributed by atoms with Crippen molar-refractivity contribution in [3.05, 3.63) is 48.7 Å². The molecule has 0 bridgehead atoms. The van der Waals surface area contributed by atoms with Crippen molar-refractivity contribution in [2.45, 2.75) is 6.54 Å². The van der Waals surface area contributed by atoms with E-state index in [9.17, 15) is 0 Å². The van der Waals surface area contributed by atoms with Gasteiger partial charge in [-0.2, -0.15) is 5.10 Å². The first-order valence-electron chi connectivity index (χ1n) is 5.77. The van der Waals surface area contributed by atoms with Crippen LogP contribution in [0, 0.1) is 0 Å². The minimum absolute atomic E-state index is 0.517. The Morgan fingerprint density at radius 3 is 2.79 bits per heavy atom. The second-order valence-corrected chi connectivity index (χ2v) is 4.00. The number of methoxy groups -OCH3 is 1. The predicted molar refractivity (Wildman–Crippen MR) is 67.6 cm³/mol. The van der Waals surface area contributed by atoms with Crippen LogP contribution in [0.2, 0.25) is 0 Å². The first-order chi connectivity index (χ1) is 9.35. The predicted octanol–water partition coefficient (Wildman–Crippen LogP) is 1.99. The third kappa shape index (κ3) is 2.47. The maximum Gasteiger partial charge on any atom is 0.158 e. The Morgan fingerprint density at radius 2 is 2.11 bits per heavy atom. The largest absolute Gasteiger partial charge is 0.497 e. The fourth-order valence-corrected chi connectivity index (χ4v) is 1.76. The summed E-state index contributed by atoms with van der Waals surface area (Å²) in [5.74, 6) is 1.55. The Kier molecular flexibility index (Phi) is 2.97. The van der Waals surface area contributed by atoms with Crippen LogP contribution in [0.1, 0.15) is 5.76 Å². The first-order valence-corrected chi connectivity index (χ1v) is 5.77. The van der Waals surface area contributed by atoms with Crippen molar-refractivity contribution in [1.29, 1.82) is 0 Å². The molecular weight excluding hydrogens is 244 g/mol. The molecule has 6 nitrogen and oxygen atoms in total. The van der Waals surface area contributed by atoms with Gasteiger partial charge in [-0.3, -0.25) is 0 Å². The fourth-order valence-electron chi connectivity index (χ4n) is 1.76. The molecule has 1 aromatic carbocycles. The Labute approximate surface area is 109 Å². The van der Waals surface area contributed by atoms with Crippen molar-refractivity contribution in [2.24, 2.45) is 0 Å². The van der Waals surface area contributed by atoms with Crippen LogP contribution in [0.4, 0.5) is 0 Å². The molecule has 3 rings (SSSR count). The Morgan fingerprint density at radius 1 is 1.26 bits per heavy atom. The molecule has 3 aromatic rings. The van der Waals surface area contributed by atoms with Crippen LogP contribution in [-0.4, -0.2) is 27.0 Å². The van der Waals surface area contributed by atoms with Crippen molar-refractivity contribution in [1.82, 2.24) is 19.9 Å². The van der Waals surface area contributed by atoms with Crippen molar-refractivity contribution in [3.8, 4) is 17.0 Å². The molecule has 0 amide bonds. The van der Waals surface area contributed by atoms with E-state index in [1.807, 2.05) is 30.3 Å². The average Bonchev–Trinajstić information content (AvgIpc) is 3.11. The monoisotopic (exact) mass is 256 g/mol. The number of benzene rings is 1. The van der Waals surface area contributed by atoms with Gasteiger partial charge in [0, 0.05) is 11.6 Å². The number of ether oxygens (including phenoxy) is 1. The molecule has 6 heteroatoms. The molecule has 0 N–H and O–H groups in total. The molecule has 0 fully saturated rings. The molecule has 19 heavy (non-hydrogen) atoms. The average molecular weight is 256 g/mol. The highest BCUT2D eigenvalue weighted by molar-refractivity contribution is 5.59. The lowest BCUT2D eigenvalue weighted by atomic mass is 10.1. The van der Waals surface area contributed by atoms with Gasteiger partial charge in [-0.1, -0.05) is 5.16 Å². The molecule has 0 atom stereocenters. The summed E-state index contributed by atoms with van der Waals surface area (Å²) in [5.41, 5.74) is 1.77. The first kappa shape index (κ1) is 11.5. The summed E-state index contributed by atoms with van der Waals surface area (Å²) in [5, 5.41) is 8.06. The van der Waals surface area contributed by atoms with Crippen LogP contribution >= 0.6 is 0 Å². The zero-order valence-corrected chi connectivity index (χ0v) is 10.4. The molecule has 0 radical (unpaired) electrons. The number of rotatable bonds is 4. The Bertz CT molecular complexity index is 644. The third-order valence-electron chi connectivity index (χ3n) is 2.73. The second kappa shape index (κ2) is 4.93. The molecule has 2 heterocycles. The van der Waals surface area contributed by atoms with E-state index >= 15 is 0 Å². The molecule has 2 aromatic heterocycles. The minimum Gasteiger partial charge on any atom is -0.497 e. The summed E-state index contributed by atoms with van der Waals surface area (Å²) < 4.78 is 12.1. The lowest BCUT2D eigenvalue weighted by Gasteiger charge is -1.99. The number of aromatic nitrogens is 4. The van der Waals surface area contributed by atoms with Gasteiger partial charge in [-0.05, 0) is 24.3 Å². The SMILES string of the molecule is COc1ccc(-c2cc(Cn3cncn3)on2)cc1. The van der Waals surface area contributed by atoms with Gasteiger partial charge in [0.15, 0.2) is 5.76 Å².